The maximum absolute atomic E-state index is 13.4. The van der Waals surface area contributed by atoms with Gasteiger partial charge in [-0.15, -0.1) is 4.98 Å². The SMILES string of the molecule is CCCCCCCCC(CCCCCCCC)Oc1nc(NCc2cccc(CNC(=O)c3ccc(CO[Si](C(C)C)(C(C)C)C(C)C)cc3)c2)nc(OC(CCCCCCCC)CCCCCCCC)n1. The molecule has 72 heavy (non-hydrogen) atoms. The van der Waals surface area contributed by atoms with Gasteiger partial charge in [-0.1, -0.05) is 234 Å². The Morgan fingerprint density at radius 3 is 1.28 bits per heavy atom. The van der Waals surface area contributed by atoms with E-state index in [0.29, 0.717) is 59.9 Å². The van der Waals surface area contributed by atoms with E-state index in [2.05, 4.69) is 98.1 Å². The number of benzene rings is 2. The molecule has 1 aromatic heterocycles. The number of unbranched alkanes of at least 4 members (excludes halogenated alkanes) is 20. The third-order valence-electron chi connectivity index (χ3n) is 15.0. The summed E-state index contributed by atoms with van der Waals surface area (Å²) in [5, 5.41) is 6.67. The highest BCUT2D eigenvalue weighted by Gasteiger charge is 2.45. The van der Waals surface area contributed by atoms with Crippen LogP contribution in [0.2, 0.25) is 16.6 Å². The Kier molecular flexibility index (Phi) is 33.2. The van der Waals surface area contributed by atoms with Crippen LogP contribution >= 0.6 is 0 Å². The van der Waals surface area contributed by atoms with Crippen LogP contribution in [0.15, 0.2) is 48.5 Å². The Bertz CT molecular complexity index is 1710. The Hall–Kier alpha value is -3.50. The lowest BCUT2D eigenvalue weighted by atomic mass is 10.0. The molecular formula is C62H107N5O4Si. The number of amides is 1. The van der Waals surface area contributed by atoms with E-state index in [-0.39, 0.29) is 18.1 Å². The number of anilines is 1. The fraction of sp³-hybridized carbons (Fsp3) is 0.742. The van der Waals surface area contributed by atoms with Crippen molar-refractivity contribution in [2.24, 2.45) is 0 Å². The van der Waals surface area contributed by atoms with Crippen LogP contribution in [0, 0.1) is 0 Å². The van der Waals surface area contributed by atoms with Crippen LogP contribution in [0.4, 0.5) is 5.95 Å². The third-order valence-corrected chi connectivity index (χ3v) is 21.0. The molecule has 0 saturated heterocycles. The van der Waals surface area contributed by atoms with Crippen molar-refractivity contribution in [3.8, 4) is 12.0 Å². The summed E-state index contributed by atoms with van der Waals surface area (Å²) in [6, 6.07) is 16.9. The summed E-state index contributed by atoms with van der Waals surface area (Å²) in [5.74, 6) is 0.369. The number of nitrogens with one attached hydrogen (secondary N) is 2. The first-order valence-electron chi connectivity index (χ1n) is 29.9. The first-order valence-corrected chi connectivity index (χ1v) is 32.0. The van der Waals surface area contributed by atoms with Crippen LogP contribution in [0.25, 0.3) is 0 Å². The minimum atomic E-state index is -1.98. The standard InChI is InChI=1S/C62H107N5O4Si/c1-11-15-19-23-27-31-38-57(39-32-28-24-20-16-12-2)70-61-65-60(66-62(67-61)71-58(40-33-29-25-21-17-13-3)41-34-30-26-22-18-14-4)64-48-55-37-35-36-54(46-55)47-63-59(68)56-44-42-53(43-45-56)49-69-72(50(5)6,51(7)8)52(9)10/h35-37,42-46,50-52,57-58H,11-34,38-41,47-49H2,1-10H3,(H,63,68)(H,64,65,66,67). The van der Waals surface area contributed by atoms with Gasteiger partial charge in [0, 0.05) is 18.7 Å². The van der Waals surface area contributed by atoms with Crippen molar-refractivity contribution in [2.45, 2.75) is 298 Å². The van der Waals surface area contributed by atoms with Gasteiger partial charge in [0.25, 0.3) is 5.91 Å². The van der Waals surface area contributed by atoms with Crippen molar-refractivity contribution in [1.82, 2.24) is 20.3 Å². The molecule has 0 radical (unpaired) electrons. The molecule has 2 N–H and O–H groups in total. The summed E-state index contributed by atoms with van der Waals surface area (Å²) in [7, 11) is -1.98. The second-order valence-electron chi connectivity index (χ2n) is 22.1. The van der Waals surface area contributed by atoms with E-state index in [1.165, 1.54) is 128 Å². The van der Waals surface area contributed by atoms with Gasteiger partial charge >= 0.3 is 12.0 Å². The molecule has 0 aliphatic rings. The van der Waals surface area contributed by atoms with Crippen molar-refractivity contribution in [3.05, 3.63) is 70.8 Å². The number of hydrogen-bond donors (Lipinski definition) is 2. The van der Waals surface area contributed by atoms with Crippen molar-refractivity contribution >= 4 is 20.2 Å². The van der Waals surface area contributed by atoms with Gasteiger partial charge in [0.2, 0.25) is 14.3 Å². The molecule has 1 amide bonds. The quantitative estimate of drug-likeness (QED) is 0.0426. The van der Waals surface area contributed by atoms with Gasteiger partial charge in [-0.05, 0) is 96.8 Å². The number of ether oxygens (including phenoxy) is 2. The molecule has 0 atom stereocenters. The lowest BCUT2D eigenvalue weighted by Gasteiger charge is -2.42. The lowest BCUT2D eigenvalue weighted by molar-refractivity contribution is 0.0950. The van der Waals surface area contributed by atoms with Gasteiger partial charge in [-0.2, -0.15) is 9.97 Å². The molecule has 10 heteroatoms. The number of carbonyl (C=O) groups is 1. The number of rotatable bonds is 44. The second-order valence-corrected chi connectivity index (χ2v) is 27.5. The van der Waals surface area contributed by atoms with Crippen LogP contribution in [-0.2, 0) is 24.1 Å². The minimum Gasteiger partial charge on any atom is -0.460 e. The average molecular weight is 1010 g/mol. The number of carbonyl (C=O) groups excluding carboxylic acids is 1. The summed E-state index contributed by atoms with van der Waals surface area (Å²) in [6.45, 7) is 24.5. The molecule has 9 nitrogen and oxygen atoms in total. The third kappa shape index (κ3) is 25.2. The van der Waals surface area contributed by atoms with Crippen LogP contribution in [0.1, 0.15) is 276 Å². The second kappa shape index (κ2) is 38.1. The van der Waals surface area contributed by atoms with E-state index in [4.69, 9.17) is 28.9 Å². The van der Waals surface area contributed by atoms with Gasteiger partial charge in [-0.25, -0.2) is 0 Å². The molecule has 3 aromatic rings. The number of aromatic nitrogens is 3. The summed E-state index contributed by atoms with van der Waals surface area (Å²) < 4.78 is 20.4. The molecule has 0 bridgehead atoms. The first-order chi connectivity index (χ1) is 34.9. The van der Waals surface area contributed by atoms with Gasteiger partial charge in [0.05, 0.1) is 6.61 Å². The first kappa shape index (κ1) is 62.8. The maximum Gasteiger partial charge on any atom is 0.324 e. The summed E-state index contributed by atoms with van der Waals surface area (Å²) in [6.07, 6.45) is 34.3. The number of nitrogens with zero attached hydrogens (tertiary/aromatic N) is 3. The molecule has 0 aliphatic carbocycles. The molecule has 2 aromatic carbocycles. The molecule has 0 aliphatic heterocycles. The Morgan fingerprint density at radius 1 is 0.486 bits per heavy atom. The van der Waals surface area contributed by atoms with E-state index < -0.39 is 8.32 Å². The van der Waals surface area contributed by atoms with Crippen molar-refractivity contribution in [3.63, 3.8) is 0 Å². The summed E-state index contributed by atoms with van der Waals surface area (Å²) in [5.41, 5.74) is 5.40. The molecule has 3 rings (SSSR count). The smallest absolute Gasteiger partial charge is 0.324 e. The van der Waals surface area contributed by atoms with E-state index in [0.717, 1.165) is 68.1 Å². The Labute approximate surface area is 442 Å². The van der Waals surface area contributed by atoms with Crippen molar-refractivity contribution < 1.29 is 18.7 Å². The van der Waals surface area contributed by atoms with Crippen molar-refractivity contribution in [2.75, 3.05) is 5.32 Å². The molecule has 1 heterocycles. The molecule has 0 unspecified atom stereocenters. The van der Waals surface area contributed by atoms with E-state index in [9.17, 15) is 4.79 Å². The Morgan fingerprint density at radius 2 is 0.875 bits per heavy atom. The predicted molar refractivity (Wildman–Crippen MR) is 308 cm³/mol. The minimum absolute atomic E-state index is 0.0530. The zero-order chi connectivity index (χ0) is 52.2. The monoisotopic (exact) mass is 1010 g/mol. The van der Waals surface area contributed by atoms with E-state index in [1.54, 1.807) is 0 Å². The summed E-state index contributed by atoms with van der Waals surface area (Å²) >= 11 is 0. The molecular weight excluding hydrogens is 907 g/mol. The van der Waals surface area contributed by atoms with Crippen LogP contribution in [0.3, 0.4) is 0 Å². The van der Waals surface area contributed by atoms with Crippen LogP contribution in [-0.4, -0.2) is 41.4 Å². The zero-order valence-electron chi connectivity index (χ0n) is 47.9. The highest BCUT2D eigenvalue weighted by Crippen LogP contribution is 2.42. The van der Waals surface area contributed by atoms with E-state index >= 15 is 0 Å². The van der Waals surface area contributed by atoms with Crippen molar-refractivity contribution in [1.29, 1.82) is 0 Å². The zero-order valence-corrected chi connectivity index (χ0v) is 48.9. The topological polar surface area (TPSA) is 107 Å². The fourth-order valence-corrected chi connectivity index (χ4v) is 16.1. The average Bonchev–Trinajstić information content (AvgIpc) is 3.36. The van der Waals surface area contributed by atoms with Gasteiger partial charge in [0.15, 0.2) is 0 Å². The highest BCUT2D eigenvalue weighted by atomic mass is 28.4. The molecule has 0 saturated carbocycles. The predicted octanol–water partition coefficient (Wildman–Crippen LogP) is 18.6. The van der Waals surface area contributed by atoms with Crippen LogP contribution < -0.4 is 20.1 Å². The summed E-state index contributed by atoms with van der Waals surface area (Å²) in [4.78, 5) is 28.1. The van der Waals surface area contributed by atoms with Gasteiger partial charge < -0.3 is 24.5 Å². The molecule has 0 spiro atoms. The highest BCUT2D eigenvalue weighted by molar-refractivity contribution is 6.77. The lowest BCUT2D eigenvalue weighted by Crippen LogP contribution is -2.47. The molecule has 408 valence electrons. The van der Waals surface area contributed by atoms with E-state index in [1.807, 2.05) is 30.3 Å². The van der Waals surface area contributed by atoms with Crippen LogP contribution in [0.5, 0.6) is 12.0 Å². The Balaban J connectivity index is 1.78. The normalized spacial score (nSPS) is 12.0. The van der Waals surface area contributed by atoms with Gasteiger partial charge in [-0.3, -0.25) is 4.79 Å². The largest absolute Gasteiger partial charge is 0.460 e. The van der Waals surface area contributed by atoms with Gasteiger partial charge in [0.1, 0.15) is 12.2 Å². The fourth-order valence-electron chi connectivity index (χ4n) is 10.7. The molecule has 0 fully saturated rings. The maximum atomic E-state index is 13.4. The number of hydrogen-bond acceptors (Lipinski definition) is 8.